The summed E-state index contributed by atoms with van der Waals surface area (Å²) in [5.41, 5.74) is 1.90. The van der Waals surface area contributed by atoms with Crippen molar-refractivity contribution in [1.82, 2.24) is 10.2 Å². The molecule has 7 heteroatoms. The lowest BCUT2D eigenvalue weighted by Crippen LogP contribution is -2.51. The smallest absolute Gasteiger partial charge is 0.261 e. The maximum Gasteiger partial charge on any atom is 0.261 e. The van der Waals surface area contributed by atoms with Gasteiger partial charge in [-0.2, -0.15) is 0 Å². The van der Waals surface area contributed by atoms with Crippen molar-refractivity contribution < 1.29 is 19.1 Å². The van der Waals surface area contributed by atoms with Crippen LogP contribution in [0.15, 0.2) is 83.3 Å². The van der Waals surface area contributed by atoms with E-state index in [0.29, 0.717) is 24.5 Å². The second-order valence-electron chi connectivity index (χ2n) is 8.47. The topological polar surface area (TPSA) is 67.9 Å². The Hall–Kier alpha value is -3.32. The normalized spacial score (nSPS) is 11.4. The molecule has 0 aromatic heterocycles. The number of halogens is 1. The summed E-state index contributed by atoms with van der Waals surface area (Å²) in [6.07, 6.45) is 2.26. The molecule has 1 atom stereocenters. The summed E-state index contributed by atoms with van der Waals surface area (Å²) in [6, 6.07) is 23.9. The third-order valence-corrected chi connectivity index (χ3v) is 6.26. The Kier molecular flexibility index (Phi) is 10.8. The van der Waals surface area contributed by atoms with Crippen molar-refractivity contribution in [3.63, 3.8) is 0 Å². The molecule has 0 bridgehead atoms. The lowest BCUT2D eigenvalue weighted by Gasteiger charge is -2.31. The van der Waals surface area contributed by atoms with E-state index >= 15 is 0 Å². The van der Waals surface area contributed by atoms with E-state index in [-0.39, 0.29) is 25.0 Å². The van der Waals surface area contributed by atoms with Gasteiger partial charge in [-0.15, -0.1) is 0 Å². The van der Waals surface area contributed by atoms with Crippen LogP contribution in [0.2, 0.25) is 0 Å². The number of hydrogen-bond donors (Lipinski definition) is 1. The molecule has 1 N–H and O–H groups in total. The van der Waals surface area contributed by atoms with Gasteiger partial charge >= 0.3 is 0 Å². The van der Waals surface area contributed by atoms with Gasteiger partial charge in [-0.1, -0.05) is 71.7 Å². The molecule has 190 valence electrons. The van der Waals surface area contributed by atoms with Crippen LogP contribution in [0, 0.1) is 0 Å². The van der Waals surface area contributed by atoms with Crippen LogP contribution in [0.3, 0.4) is 0 Å². The summed E-state index contributed by atoms with van der Waals surface area (Å²) >= 11 is 3.51. The number of unbranched alkanes of at least 4 members (excludes halogenated alkanes) is 1. The highest BCUT2D eigenvalue weighted by Gasteiger charge is 2.30. The fourth-order valence-electron chi connectivity index (χ4n) is 3.79. The van der Waals surface area contributed by atoms with Gasteiger partial charge in [0.15, 0.2) is 6.61 Å². The predicted octanol–water partition coefficient (Wildman–Crippen LogP) is 5.39. The van der Waals surface area contributed by atoms with E-state index in [2.05, 4.69) is 28.2 Å². The maximum absolute atomic E-state index is 13.6. The number of nitrogens with one attached hydrogen (secondary N) is 1. The number of carbonyl (C=O) groups is 2. The molecule has 0 heterocycles. The highest BCUT2D eigenvalue weighted by molar-refractivity contribution is 9.10. The summed E-state index contributed by atoms with van der Waals surface area (Å²) < 4.78 is 11.9. The van der Waals surface area contributed by atoms with Crippen molar-refractivity contribution in [1.29, 1.82) is 0 Å². The molecule has 6 nitrogen and oxygen atoms in total. The molecule has 0 spiro atoms. The number of carbonyl (C=O) groups excluding carboxylic acids is 2. The zero-order chi connectivity index (χ0) is 25.8. The molecular weight excluding hydrogens is 520 g/mol. The molecule has 3 aromatic rings. The average Bonchev–Trinajstić information content (AvgIpc) is 2.90. The fourth-order valence-corrected chi connectivity index (χ4v) is 4.24. The van der Waals surface area contributed by atoms with E-state index in [1.54, 1.807) is 36.3 Å². The summed E-state index contributed by atoms with van der Waals surface area (Å²) in [5.74, 6) is 0.827. The average molecular weight is 553 g/mol. The van der Waals surface area contributed by atoms with Crippen molar-refractivity contribution in [3.05, 3.63) is 94.5 Å². The van der Waals surface area contributed by atoms with Crippen LogP contribution in [-0.2, 0) is 22.6 Å². The molecule has 3 rings (SSSR count). The van der Waals surface area contributed by atoms with Gasteiger partial charge in [0.25, 0.3) is 5.91 Å². The molecule has 2 amide bonds. The largest absolute Gasteiger partial charge is 0.497 e. The van der Waals surface area contributed by atoms with Gasteiger partial charge in [-0.25, -0.2) is 0 Å². The molecule has 0 radical (unpaired) electrons. The highest BCUT2D eigenvalue weighted by atomic mass is 79.9. The van der Waals surface area contributed by atoms with Crippen LogP contribution in [-0.4, -0.2) is 43.0 Å². The minimum Gasteiger partial charge on any atom is -0.497 e. The van der Waals surface area contributed by atoms with Crippen molar-refractivity contribution in [3.8, 4) is 11.5 Å². The van der Waals surface area contributed by atoms with Crippen molar-refractivity contribution in [2.75, 3.05) is 20.3 Å². The number of benzene rings is 3. The van der Waals surface area contributed by atoms with Crippen molar-refractivity contribution in [2.24, 2.45) is 0 Å². The second kappa shape index (κ2) is 14.3. The molecule has 0 fully saturated rings. The van der Waals surface area contributed by atoms with E-state index in [0.717, 1.165) is 28.4 Å². The first kappa shape index (κ1) is 27.3. The highest BCUT2D eigenvalue weighted by Crippen LogP contribution is 2.20. The zero-order valence-electron chi connectivity index (χ0n) is 20.8. The molecule has 3 aromatic carbocycles. The van der Waals surface area contributed by atoms with E-state index in [4.69, 9.17) is 9.47 Å². The Morgan fingerprint density at radius 2 is 1.64 bits per heavy atom. The lowest BCUT2D eigenvalue weighted by molar-refractivity contribution is -0.142. The standard InChI is InChI=1S/C29H33BrN2O4/c1-3-4-17-31-29(34)27(19-22-9-6-5-7-10-22)32(20-23-11-8-12-24(30)18-23)28(33)21-36-26-15-13-25(35-2)14-16-26/h5-16,18,27H,3-4,17,19-21H2,1-2H3,(H,31,34)/t27-/m1/s1. The van der Waals surface area contributed by atoms with E-state index in [9.17, 15) is 9.59 Å². The first-order valence-electron chi connectivity index (χ1n) is 12.1. The van der Waals surface area contributed by atoms with Crippen LogP contribution in [0.25, 0.3) is 0 Å². The molecule has 0 aliphatic rings. The Labute approximate surface area is 221 Å². The second-order valence-corrected chi connectivity index (χ2v) is 9.38. The zero-order valence-corrected chi connectivity index (χ0v) is 22.4. The number of amides is 2. The summed E-state index contributed by atoms with van der Waals surface area (Å²) in [5, 5.41) is 3.03. The van der Waals surface area contributed by atoms with E-state index in [1.165, 1.54) is 0 Å². The molecule has 0 aliphatic heterocycles. The SMILES string of the molecule is CCCCNC(=O)[C@@H](Cc1ccccc1)N(Cc1cccc(Br)c1)C(=O)COc1ccc(OC)cc1. The third-order valence-electron chi connectivity index (χ3n) is 5.76. The minimum absolute atomic E-state index is 0.167. The quantitative estimate of drug-likeness (QED) is 0.288. The maximum atomic E-state index is 13.6. The Bertz CT molecular complexity index is 1110. The van der Waals surface area contributed by atoms with E-state index in [1.807, 2.05) is 54.6 Å². The van der Waals surface area contributed by atoms with Gasteiger partial charge in [0.1, 0.15) is 17.5 Å². The molecule has 0 unspecified atom stereocenters. The number of methoxy groups -OCH3 is 1. The Balaban J connectivity index is 1.86. The van der Waals surface area contributed by atoms with Gasteiger partial charge in [0, 0.05) is 24.0 Å². The van der Waals surface area contributed by atoms with Crippen LogP contribution in [0.4, 0.5) is 0 Å². The van der Waals surface area contributed by atoms with Crippen molar-refractivity contribution in [2.45, 2.75) is 38.8 Å². The van der Waals surface area contributed by atoms with Gasteiger partial charge in [0.05, 0.1) is 7.11 Å². The monoisotopic (exact) mass is 552 g/mol. The fraction of sp³-hybridized carbons (Fsp3) is 0.310. The predicted molar refractivity (Wildman–Crippen MR) is 145 cm³/mol. The Morgan fingerprint density at radius 3 is 2.31 bits per heavy atom. The first-order valence-corrected chi connectivity index (χ1v) is 12.9. The molecule has 36 heavy (non-hydrogen) atoms. The Morgan fingerprint density at radius 1 is 0.944 bits per heavy atom. The third kappa shape index (κ3) is 8.41. The molecule has 0 saturated carbocycles. The summed E-state index contributed by atoms with van der Waals surface area (Å²) in [7, 11) is 1.59. The number of nitrogens with zero attached hydrogens (tertiary/aromatic N) is 1. The van der Waals surface area contributed by atoms with Gasteiger partial charge in [-0.05, 0) is 53.9 Å². The van der Waals surface area contributed by atoms with Gasteiger partial charge in [-0.3, -0.25) is 9.59 Å². The minimum atomic E-state index is -0.685. The number of rotatable bonds is 13. The van der Waals surface area contributed by atoms with Gasteiger partial charge in [0.2, 0.25) is 5.91 Å². The van der Waals surface area contributed by atoms with Crippen molar-refractivity contribution >= 4 is 27.7 Å². The molecular formula is C29H33BrN2O4. The molecule has 0 saturated heterocycles. The van der Waals surface area contributed by atoms with Crippen LogP contribution >= 0.6 is 15.9 Å². The number of ether oxygens (including phenoxy) is 2. The van der Waals surface area contributed by atoms with Gasteiger partial charge < -0.3 is 19.7 Å². The van der Waals surface area contributed by atoms with E-state index < -0.39 is 6.04 Å². The van der Waals surface area contributed by atoms with Crippen LogP contribution < -0.4 is 14.8 Å². The first-order chi connectivity index (χ1) is 17.5. The molecule has 0 aliphatic carbocycles. The summed E-state index contributed by atoms with van der Waals surface area (Å²) in [4.78, 5) is 28.6. The number of hydrogen-bond acceptors (Lipinski definition) is 4. The van der Waals surface area contributed by atoms with Crippen LogP contribution in [0.5, 0.6) is 11.5 Å². The van der Waals surface area contributed by atoms with Crippen LogP contribution in [0.1, 0.15) is 30.9 Å². The lowest BCUT2D eigenvalue weighted by atomic mass is 10.0. The summed E-state index contributed by atoms with van der Waals surface area (Å²) in [6.45, 7) is 2.74.